The maximum Gasteiger partial charge on any atom is 0.150 e. The molecule has 3 heteroatoms. The van der Waals surface area contributed by atoms with Gasteiger partial charge >= 0.3 is 0 Å². The highest BCUT2D eigenvalue weighted by molar-refractivity contribution is 4.78. The fourth-order valence-corrected chi connectivity index (χ4v) is 0.825. The van der Waals surface area contributed by atoms with Crippen LogP contribution < -0.4 is 10.6 Å². The summed E-state index contributed by atoms with van der Waals surface area (Å²) in [7, 11) is 0. The maximum atomic E-state index is 5.18. The summed E-state index contributed by atoms with van der Waals surface area (Å²) < 4.78 is 5.18. The van der Waals surface area contributed by atoms with E-state index in [0.29, 0.717) is 0 Å². The van der Waals surface area contributed by atoms with E-state index in [-0.39, 0.29) is 12.5 Å². The molecule has 2 N–H and O–H groups in total. The number of nitrogens with one attached hydrogen (secondary N) is 2. The molecular weight excluding hydrogens is 116 g/mol. The second-order valence-corrected chi connectivity index (χ2v) is 2.09. The molecule has 2 atom stereocenters. The summed E-state index contributed by atoms with van der Waals surface area (Å²) in [6.07, 6.45) is 0.546. The van der Waals surface area contributed by atoms with Crippen LogP contribution in [0.4, 0.5) is 0 Å². The number of hydrogen-bond acceptors (Lipinski definition) is 3. The van der Waals surface area contributed by atoms with E-state index in [1.54, 1.807) is 0 Å². The topological polar surface area (TPSA) is 36.6 Å². The van der Waals surface area contributed by atoms with Crippen molar-refractivity contribution in [3.05, 3.63) is 0 Å². The Kier molecular flexibility index (Phi) is 2.45. The van der Waals surface area contributed by atoms with Crippen molar-refractivity contribution in [2.24, 2.45) is 0 Å². The van der Waals surface area contributed by atoms with Crippen LogP contribution in [0.1, 0.15) is 13.8 Å². The fraction of sp³-hybridized carbons (Fsp3) is 1.00. The Balaban J connectivity index is 1.96. The average molecular weight is 130 g/mol. The van der Waals surface area contributed by atoms with E-state index in [1.807, 2.05) is 0 Å². The van der Waals surface area contributed by atoms with Gasteiger partial charge in [0.1, 0.15) is 0 Å². The van der Waals surface area contributed by atoms with Crippen molar-refractivity contribution in [1.29, 1.82) is 0 Å². The van der Waals surface area contributed by atoms with Crippen LogP contribution in [0.5, 0.6) is 0 Å². The molecule has 0 aromatic heterocycles. The molecule has 1 saturated heterocycles. The molecule has 0 aromatic rings. The van der Waals surface area contributed by atoms with Crippen LogP contribution in [0.15, 0.2) is 0 Å². The molecule has 9 heavy (non-hydrogen) atoms. The zero-order chi connectivity index (χ0) is 6.69. The van der Waals surface area contributed by atoms with Crippen molar-refractivity contribution < 1.29 is 4.74 Å². The highest BCUT2D eigenvalue weighted by Crippen LogP contribution is 2.14. The minimum Gasteiger partial charge on any atom is -0.337 e. The molecular formula is C6H14N2O. The first-order chi connectivity index (χ1) is 4.38. The summed E-state index contributed by atoms with van der Waals surface area (Å²) in [6.45, 7) is 6.11. The summed E-state index contributed by atoms with van der Waals surface area (Å²) in [4.78, 5) is 0. The summed E-state index contributed by atoms with van der Waals surface area (Å²) in [6, 6.07) is 0. The van der Waals surface area contributed by atoms with Gasteiger partial charge < -0.3 is 4.74 Å². The first kappa shape index (κ1) is 6.99. The second kappa shape index (κ2) is 3.15. The Bertz CT molecular complexity index is 77.1. The molecule has 0 aliphatic carbocycles. The van der Waals surface area contributed by atoms with Gasteiger partial charge in [0.05, 0.1) is 0 Å². The third-order valence-corrected chi connectivity index (χ3v) is 1.30. The van der Waals surface area contributed by atoms with Crippen LogP contribution >= 0.6 is 0 Å². The largest absolute Gasteiger partial charge is 0.337 e. The molecule has 0 saturated carbocycles. The summed E-state index contributed by atoms with van der Waals surface area (Å²) in [5, 5.41) is 6.34. The Hall–Kier alpha value is -0.120. The minimum absolute atomic E-state index is 0.273. The number of epoxide rings is 1. The van der Waals surface area contributed by atoms with E-state index in [0.717, 1.165) is 13.1 Å². The molecule has 1 fully saturated rings. The molecule has 1 aliphatic heterocycles. The van der Waals surface area contributed by atoms with E-state index in [9.17, 15) is 0 Å². The van der Waals surface area contributed by atoms with Gasteiger partial charge in [-0.3, -0.25) is 10.6 Å². The lowest BCUT2D eigenvalue weighted by Crippen LogP contribution is -2.26. The normalized spacial score (nSPS) is 32.7. The smallest absolute Gasteiger partial charge is 0.150 e. The van der Waals surface area contributed by atoms with Crippen LogP contribution in [0.25, 0.3) is 0 Å². The lowest BCUT2D eigenvalue weighted by atomic mass is 10.6. The zero-order valence-corrected chi connectivity index (χ0v) is 5.98. The van der Waals surface area contributed by atoms with Crippen LogP contribution in [-0.2, 0) is 4.74 Å². The molecule has 0 aromatic carbocycles. The molecule has 0 radical (unpaired) electrons. The average Bonchev–Trinajstić information content (AvgIpc) is 2.50. The van der Waals surface area contributed by atoms with Gasteiger partial charge in [-0.2, -0.15) is 0 Å². The number of ether oxygens (including phenoxy) is 1. The predicted octanol–water partition coefficient (Wildman–Crippen LogP) is -0.112. The Morgan fingerprint density at radius 2 is 1.56 bits per heavy atom. The number of hydrogen-bond donors (Lipinski definition) is 2. The fourth-order valence-electron chi connectivity index (χ4n) is 0.825. The minimum atomic E-state index is 0.273. The Morgan fingerprint density at radius 1 is 1.11 bits per heavy atom. The van der Waals surface area contributed by atoms with Gasteiger partial charge in [0.25, 0.3) is 0 Å². The molecule has 0 bridgehead atoms. The molecule has 54 valence electrons. The number of rotatable bonds is 4. The van der Waals surface area contributed by atoms with Gasteiger partial charge in [0, 0.05) is 0 Å². The van der Waals surface area contributed by atoms with Crippen LogP contribution in [0, 0.1) is 0 Å². The van der Waals surface area contributed by atoms with E-state index < -0.39 is 0 Å². The Morgan fingerprint density at radius 3 is 1.89 bits per heavy atom. The van der Waals surface area contributed by atoms with E-state index >= 15 is 0 Å². The van der Waals surface area contributed by atoms with Crippen molar-refractivity contribution in [2.75, 3.05) is 13.1 Å². The monoisotopic (exact) mass is 130 g/mol. The molecule has 1 aliphatic rings. The maximum absolute atomic E-state index is 5.18. The second-order valence-electron chi connectivity index (χ2n) is 2.09. The lowest BCUT2D eigenvalue weighted by molar-refractivity contribution is 0.331. The van der Waals surface area contributed by atoms with E-state index in [4.69, 9.17) is 4.74 Å². The van der Waals surface area contributed by atoms with Crippen LogP contribution in [0.2, 0.25) is 0 Å². The summed E-state index contributed by atoms with van der Waals surface area (Å²) in [5.41, 5.74) is 0. The van der Waals surface area contributed by atoms with Crippen LogP contribution in [-0.4, -0.2) is 25.5 Å². The van der Waals surface area contributed by atoms with Gasteiger partial charge in [0.2, 0.25) is 0 Å². The molecule has 0 spiro atoms. The highest BCUT2D eigenvalue weighted by atomic mass is 16.6. The zero-order valence-electron chi connectivity index (χ0n) is 5.98. The molecule has 2 unspecified atom stereocenters. The van der Waals surface area contributed by atoms with Crippen molar-refractivity contribution in [2.45, 2.75) is 26.3 Å². The van der Waals surface area contributed by atoms with Gasteiger partial charge in [-0.05, 0) is 13.1 Å². The van der Waals surface area contributed by atoms with E-state index in [1.165, 1.54) is 0 Å². The van der Waals surface area contributed by atoms with Gasteiger partial charge in [-0.1, -0.05) is 13.8 Å². The highest BCUT2D eigenvalue weighted by Gasteiger charge is 2.36. The van der Waals surface area contributed by atoms with Gasteiger partial charge in [-0.25, -0.2) is 0 Å². The van der Waals surface area contributed by atoms with Crippen molar-refractivity contribution >= 4 is 0 Å². The molecule has 3 nitrogen and oxygen atoms in total. The SMILES string of the molecule is CCNC1OC1NCC. The van der Waals surface area contributed by atoms with Crippen LogP contribution in [0.3, 0.4) is 0 Å². The predicted molar refractivity (Wildman–Crippen MR) is 36.0 cm³/mol. The third-order valence-electron chi connectivity index (χ3n) is 1.30. The third kappa shape index (κ3) is 1.93. The molecule has 1 heterocycles. The lowest BCUT2D eigenvalue weighted by Gasteiger charge is -1.93. The first-order valence-electron chi connectivity index (χ1n) is 3.50. The van der Waals surface area contributed by atoms with Gasteiger partial charge in [-0.15, -0.1) is 0 Å². The standard InChI is InChI=1S/C6H14N2O/c1-3-7-5-6(9-5)8-4-2/h5-8H,3-4H2,1-2H3. The Labute approximate surface area is 55.8 Å². The van der Waals surface area contributed by atoms with E-state index in [2.05, 4.69) is 24.5 Å². The quantitative estimate of drug-likeness (QED) is 0.521. The van der Waals surface area contributed by atoms with Crippen molar-refractivity contribution in [3.8, 4) is 0 Å². The van der Waals surface area contributed by atoms with Crippen molar-refractivity contribution in [3.63, 3.8) is 0 Å². The first-order valence-corrected chi connectivity index (χ1v) is 3.50. The molecule has 0 amide bonds. The molecule has 1 rings (SSSR count). The number of likely N-dealkylation sites (N-methyl/N-ethyl adjacent to an activating group) is 2. The summed E-state index contributed by atoms with van der Waals surface area (Å²) in [5.74, 6) is 0. The summed E-state index contributed by atoms with van der Waals surface area (Å²) >= 11 is 0. The van der Waals surface area contributed by atoms with Gasteiger partial charge in [0.15, 0.2) is 12.5 Å². The van der Waals surface area contributed by atoms with Crippen molar-refractivity contribution in [1.82, 2.24) is 10.6 Å².